The van der Waals surface area contributed by atoms with Gasteiger partial charge < -0.3 is 15.2 Å². The molecule has 1 fully saturated rings. The summed E-state index contributed by atoms with van der Waals surface area (Å²) in [4.78, 5) is 6.87. The van der Waals surface area contributed by atoms with E-state index in [1.165, 1.54) is 13.0 Å². The molecule has 5 heteroatoms. The van der Waals surface area contributed by atoms with Crippen LogP contribution in [0.2, 0.25) is 0 Å². The van der Waals surface area contributed by atoms with Crippen molar-refractivity contribution in [2.75, 3.05) is 13.1 Å². The molecule has 96 valence electrons. The number of nitrogens with zero attached hydrogens (tertiary/aromatic N) is 3. The van der Waals surface area contributed by atoms with Gasteiger partial charge in [0.15, 0.2) is 5.82 Å². The average molecular weight is 238 g/mol. The molecule has 2 N–H and O–H groups in total. The summed E-state index contributed by atoms with van der Waals surface area (Å²) in [5.74, 6) is 1.76. The number of hydrogen-bond acceptors (Lipinski definition) is 5. The van der Waals surface area contributed by atoms with Crippen molar-refractivity contribution in [1.82, 2.24) is 15.0 Å². The Balaban J connectivity index is 2.05. The maximum Gasteiger partial charge on any atom is 0.243 e. The molecule has 2 unspecified atom stereocenters. The minimum Gasteiger partial charge on any atom is -0.338 e. The molecule has 2 atom stereocenters. The standard InChI is InChI=1S/C12H22N4O/c1-8(2)16-6-4-5-10(7-16)11-14-12(9(3)13)17-15-11/h8-10H,4-7,13H2,1-3H3. The summed E-state index contributed by atoms with van der Waals surface area (Å²) in [5, 5.41) is 4.06. The number of hydrogen-bond donors (Lipinski definition) is 1. The van der Waals surface area contributed by atoms with Gasteiger partial charge in [0.1, 0.15) is 0 Å². The topological polar surface area (TPSA) is 68.2 Å². The van der Waals surface area contributed by atoms with E-state index in [9.17, 15) is 0 Å². The molecule has 5 nitrogen and oxygen atoms in total. The Labute approximate surface area is 102 Å². The lowest BCUT2D eigenvalue weighted by molar-refractivity contribution is 0.163. The number of piperidine rings is 1. The van der Waals surface area contributed by atoms with Gasteiger partial charge in [-0.25, -0.2) is 0 Å². The van der Waals surface area contributed by atoms with Crippen LogP contribution in [-0.2, 0) is 0 Å². The smallest absolute Gasteiger partial charge is 0.243 e. The molecular formula is C12H22N4O. The second-order valence-electron chi connectivity index (χ2n) is 5.21. The van der Waals surface area contributed by atoms with Gasteiger partial charge in [-0.05, 0) is 40.2 Å². The SMILES string of the molecule is CC(N)c1nc(C2CCCN(C(C)C)C2)no1. The van der Waals surface area contributed by atoms with Gasteiger partial charge in [0.05, 0.1) is 6.04 Å². The Morgan fingerprint density at radius 3 is 2.76 bits per heavy atom. The molecule has 0 amide bonds. The van der Waals surface area contributed by atoms with Crippen LogP contribution in [0.1, 0.15) is 57.3 Å². The highest BCUT2D eigenvalue weighted by molar-refractivity contribution is 5.00. The van der Waals surface area contributed by atoms with Gasteiger partial charge in [0.2, 0.25) is 5.89 Å². The van der Waals surface area contributed by atoms with E-state index in [1.807, 2.05) is 6.92 Å². The van der Waals surface area contributed by atoms with E-state index in [-0.39, 0.29) is 6.04 Å². The number of nitrogens with two attached hydrogens (primary N) is 1. The van der Waals surface area contributed by atoms with Gasteiger partial charge in [-0.1, -0.05) is 5.16 Å². The van der Waals surface area contributed by atoms with Crippen LogP contribution in [0.5, 0.6) is 0 Å². The molecule has 1 saturated heterocycles. The first-order valence-corrected chi connectivity index (χ1v) is 6.41. The zero-order valence-electron chi connectivity index (χ0n) is 10.9. The molecule has 2 rings (SSSR count). The fourth-order valence-corrected chi connectivity index (χ4v) is 2.28. The summed E-state index contributed by atoms with van der Waals surface area (Å²) in [7, 11) is 0. The van der Waals surface area contributed by atoms with Crippen molar-refractivity contribution in [3.63, 3.8) is 0 Å². The van der Waals surface area contributed by atoms with Crippen LogP contribution in [0, 0.1) is 0 Å². The summed E-state index contributed by atoms with van der Waals surface area (Å²) in [6.45, 7) is 8.51. The fourth-order valence-electron chi connectivity index (χ4n) is 2.28. The third kappa shape index (κ3) is 2.84. The highest BCUT2D eigenvalue weighted by Gasteiger charge is 2.26. The van der Waals surface area contributed by atoms with Gasteiger partial charge in [-0.3, -0.25) is 0 Å². The molecule has 0 saturated carbocycles. The Morgan fingerprint density at radius 2 is 2.18 bits per heavy atom. The summed E-state index contributed by atoms with van der Waals surface area (Å²) >= 11 is 0. The lowest BCUT2D eigenvalue weighted by atomic mass is 9.96. The molecular weight excluding hydrogens is 216 g/mol. The molecule has 2 heterocycles. The highest BCUT2D eigenvalue weighted by atomic mass is 16.5. The molecule has 17 heavy (non-hydrogen) atoms. The van der Waals surface area contributed by atoms with E-state index in [2.05, 4.69) is 28.9 Å². The van der Waals surface area contributed by atoms with E-state index < -0.39 is 0 Å². The zero-order valence-corrected chi connectivity index (χ0v) is 10.9. The van der Waals surface area contributed by atoms with Crippen molar-refractivity contribution in [3.8, 4) is 0 Å². The summed E-state index contributed by atoms with van der Waals surface area (Å²) in [6, 6.07) is 0.402. The van der Waals surface area contributed by atoms with Crippen molar-refractivity contribution in [1.29, 1.82) is 0 Å². The maximum atomic E-state index is 5.73. The number of rotatable bonds is 3. The molecule has 1 aromatic heterocycles. The van der Waals surface area contributed by atoms with E-state index >= 15 is 0 Å². The van der Waals surface area contributed by atoms with Crippen molar-refractivity contribution in [3.05, 3.63) is 11.7 Å². The zero-order chi connectivity index (χ0) is 12.4. The largest absolute Gasteiger partial charge is 0.338 e. The van der Waals surface area contributed by atoms with E-state index in [1.54, 1.807) is 0 Å². The predicted molar refractivity (Wildman–Crippen MR) is 65.6 cm³/mol. The lowest BCUT2D eigenvalue weighted by Crippen LogP contribution is -2.39. The lowest BCUT2D eigenvalue weighted by Gasteiger charge is -2.34. The second kappa shape index (κ2) is 5.14. The maximum absolute atomic E-state index is 5.73. The third-order valence-electron chi connectivity index (χ3n) is 3.40. The molecule has 0 spiro atoms. The monoisotopic (exact) mass is 238 g/mol. The predicted octanol–water partition coefficient (Wildman–Crippen LogP) is 1.68. The van der Waals surface area contributed by atoms with Gasteiger partial charge in [0.25, 0.3) is 0 Å². The van der Waals surface area contributed by atoms with Crippen LogP contribution in [-0.4, -0.2) is 34.2 Å². The molecule has 0 bridgehead atoms. The Kier molecular flexibility index (Phi) is 3.79. The first kappa shape index (κ1) is 12.5. The summed E-state index contributed by atoms with van der Waals surface area (Å²) in [6.07, 6.45) is 2.34. The van der Waals surface area contributed by atoms with Crippen LogP contribution >= 0.6 is 0 Å². The first-order chi connectivity index (χ1) is 8.08. The molecule has 1 aliphatic heterocycles. The highest BCUT2D eigenvalue weighted by Crippen LogP contribution is 2.26. The van der Waals surface area contributed by atoms with Gasteiger partial charge in [-0.2, -0.15) is 4.98 Å². The van der Waals surface area contributed by atoms with Crippen LogP contribution in [0.25, 0.3) is 0 Å². The van der Waals surface area contributed by atoms with E-state index in [0.29, 0.717) is 17.9 Å². The van der Waals surface area contributed by atoms with E-state index in [4.69, 9.17) is 10.3 Å². The van der Waals surface area contributed by atoms with Gasteiger partial charge >= 0.3 is 0 Å². The number of aromatic nitrogens is 2. The van der Waals surface area contributed by atoms with Crippen LogP contribution in [0.4, 0.5) is 0 Å². The molecule has 1 aromatic rings. The molecule has 0 radical (unpaired) electrons. The summed E-state index contributed by atoms with van der Waals surface area (Å²) < 4.78 is 5.17. The van der Waals surface area contributed by atoms with Crippen LogP contribution in [0.15, 0.2) is 4.52 Å². The Hall–Kier alpha value is -0.940. The summed E-state index contributed by atoms with van der Waals surface area (Å²) in [5.41, 5.74) is 5.73. The van der Waals surface area contributed by atoms with Crippen molar-refractivity contribution < 1.29 is 4.52 Å². The third-order valence-corrected chi connectivity index (χ3v) is 3.40. The van der Waals surface area contributed by atoms with Crippen molar-refractivity contribution in [2.45, 2.75) is 51.6 Å². The van der Waals surface area contributed by atoms with Crippen molar-refractivity contribution >= 4 is 0 Å². The second-order valence-corrected chi connectivity index (χ2v) is 5.21. The molecule has 0 aliphatic carbocycles. The van der Waals surface area contributed by atoms with Gasteiger partial charge in [-0.15, -0.1) is 0 Å². The van der Waals surface area contributed by atoms with E-state index in [0.717, 1.165) is 18.8 Å². The average Bonchev–Trinajstić information content (AvgIpc) is 2.78. The minimum atomic E-state index is -0.180. The fraction of sp³-hybridized carbons (Fsp3) is 0.833. The quantitative estimate of drug-likeness (QED) is 0.867. The minimum absolute atomic E-state index is 0.180. The Morgan fingerprint density at radius 1 is 1.41 bits per heavy atom. The number of likely N-dealkylation sites (tertiary alicyclic amines) is 1. The first-order valence-electron chi connectivity index (χ1n) is 6.41. The molecule has 1 aliphatic rings. The van der Waals surface area contributed by atoms with Gasteiger partial charge in [0, 0.05) is 18.5 Å². The van der Waals surface area contributed by atoms with Crippen LogP contribution < -0.4 is 5.73 Å². The molecule has 0 aromatic carbocycles. The normalized spacial score (nSPS) is 24.2. The van der Waals surface area contributed by atoms with Crippen molar-refractivity contribution in [2.24, 2.45) is 5.73 Å². The Bertz CT molecular complexity index is 361. The van der Waals surface area contributed by atoms with Crippen LogP contribution in [0.3, 0.4) is 0 Å².